The number of rotatable bonds is 28. The van der Waals surface area contributed by atoms with Crippen LogP contribution in [-0.2, 0) is 19.2 Å². The van der Waals surface area contributed by atoms with Crippen molar-refractivity contribution in [3.8, 4) is 0 Å². The highest BCUT2D eigenvalue weighted by Gasteiger charge is 2.33. The summed E-state index contributed by atoms with van der Waals surface area (Å²) in [6, 6.07) is 0. The maximum absolute atomic E-state index is 12.6. The summed E-state index contributed by atoms with van der Waals surface area (Å²) in [5.41, 5.74) is -1.14. The van der Waals surface area contributed by atoms with Gasteiger partial charge in [0, 0.05) is 31.2 Å². The number of hydrogen-bond donors (Lipinski definition) is 4. The number of carboxylic acid groups (broad SMARTS) is 3. The molecular weight excluding hydrogens is 486 g/mol. The monoisotopic (exact) mass is 541 g/mol. The third kappa shape index (κ3) is 23.0. The number of nitrogens with one attached hydrogen (secondary N) is 1. The molecule has 0 aromatic rings. The third-order valence-electron chi connectivity index (χ3n) is 7.36. The Hall–Kier alpha value is -2.12. The van der Waals surface area contributed by atoms with Crippen molar-refractivity contribution in [1.29, 1.82) is 0 Å². The van der Waals surface area contributed by atoms with Crippen molar-refractivity contribution < 1.29 is 34.5 Å². The predicted molar refractivity (Wildman–Crippen MR) is 150 cm³/mol. The molecule has 0 radical (unpaired) electrons. The Balaban J connectivity index is 4.06. The van der Waals surface area contributed by atoms with Gasteiger partial charge in [-0.2, -0.15) is 0 Å². The summed E-state index contributed by atoms with van der Waals surface area (Å²) in [6.07, 6.45) is 20.8. The van der Waals surface area contributed by atoms with E-state index in [1.165, 1.54) is 83.5 Å². The summed E-state index contributed by atoms with van der Waals surface area (Å²) in [7, 11) is 0. The lowest BCUT2D eigenvalue weighted by atomic mass is 9.83. The minimum Gasteiger partial charge on any atom is -0.481 e. The van der Waals surface area contributed by atoms with E-state index >= 15 is 0 Å². The summed E-state index contributed by atoms with van der Waals surface area (Å²) in [5.74, 6) is -3.47. The van der Waals surface area contributed by atoms with Gasteiger partial charge in [-0.25, -0.2) is 0 Å². The van der Waals surface area contributed by atoms with Gasteiger partial charge in [-0.3, -0.25) is 19.2 Å². The third-order valence-corrected chi connectivity index (χ3v) is 7.36. The summed E-state index contributed by atoms with van der Waals surface area (Å²) in [6.45, 7) is 2.25. The van der Waals surface area contributed by atoms with Crippen molar-refractivity contribution in [2.75, 3.05) is 0 Å². The normalized spacial score (nSPS) is 11.4. The van der Waals surface area contributed by atoms with E-state index in [0.29, 0.717) is 6.42 Å². The van der Waals surface area contributed by atoms with E-state index in [0.717, 1.165) is 19.3 Å². The van der Waals surface area contributed by atoms with E-state index in [4.69, 9.17) is 15.3 Å². The maximum Gasteiger partial charge on any atom is 0.303 e. The first-order valence-electron chi connectivity index (χ1n) is 15.2. The zero-order valence-electron chi connectivity index (χ0n) is 23.9. The highest BCUT2D eigenvalue weighted by Crippen LogP contribution is 2.26. The molecule has 0 fully saturated rings. The van der Waals surface area contributed by atoms with Crippen LogP contribution in [0.3, 0.4) is 0 Å². The molecule has 0 aliphatic carbocycles. The van der Waals surface area contributed by atoms with Gasteiger partial charge in [0.05, 0.1) is 0 Å². The molecule has 0 unspecified atom stereocenters. The smallest absolute Gasteiger partial charge is 0.303 e. The van der Waals surface area contributed by atoms with Crippen LogP contribution in [0.4, 0.5) is 0 Å². The molecule has 8 nitrogen and oxygen atoms in total. The van der Waals surface area contributed by atoms with Crippen molar-refractivity contribution >= 4 is 23.8 Å². The lowest BCUT2D eigenvalue weighted by molar-refractivity contribution is -0.139. The Morgan fingerprint density at radius 3 is 1.05 bits per heavy atom. The van der Waals surface area contributed by atoms with Gasteiger partial charge < -0.3 is 20.6 Å². The van der Waals surface area contributed by atoms with E-state index in [1.54, 1.807) is 0 Å². The molecule has 0 aromatic heterocycles. The molecule has 1 amide bonds. The number of amides is 1. The van der Waals surface area contributed by atoms with Gasteiger partial charge in [-0.05, 0) is 25.7 Å². The van der Waals surface area contributed by atoms with Gasteiger partial charge in [-0.1, -0.05) is 110 Å². The first-order chi connectivity index (χ1) is 18.2. The van der Waals surface area contributed by atoms with Gasteiger partial charge >= 0.3 is 17.9 Å². The number of hydrogen-bond acceptors (Lipinski definition) is 4. The van der Waals surface area contributed by atoms with Crippen LogP contribution in [0.1, 0.15) is 161 Å². The first kappa shape index (κ1) is 35.9. The molecule has 0 aliphatic heterocycles. The summed E-state index contributed by atoms with van der Waals surface area (Å²) < 4.78 is 0. The van der Waals surface area contributed by atoms with Crippen LogP contribution in [0.25, 0.3) is 0 Å². The molecule has 0 aliphatic rings. The molecule has 222 valence electrons. The second-order valence-corrected chi connectivity index (χ2v) is 10.9. The van der Waals surface area contributed by atoms with Crippen LogP contribution in [-0.4, -0.2) is 44.7 Å². The number of carboxylic acids is 3. The molecular formula is C30H55NO7. The van der Waals surface area contributed by atoms with E-state index < -0.39 is 23.4 Å². The average Bonchev–Trinajstić information content (AvgIpc) is 2.86. The van der Waals surface area contributed by atoms with Gasteiger partial charge in [0.2, 0.25) is 5.91 Å². The van der Waals surface area contributed by atoms with Crippen molar-refractivity contribution in [3.63, 3.8) is 0 Å². The second kappa shape index (κ2) is 24.0. The molecule has 0 heterocycles. The molecule has 4 N–H and O–H groups in total. The van der Waals surface area contributed by atoms with Crippen molar-refractivity contribution in [2.45, 2.75) is 167 Å². The van der Waals surface area contributed by atoms with E-state index in [1.807, 2.05) is 0 Å². The van der Waals surface area contributed by atoms with Crippen molar-refractivity contribution in [3.05, 3.63) is 0 Å². The predicted octanol–water partition coefficient (Wildman–Crippen LogP) is 7.48. The molecule has 0 spiro atoms. The molecule has 0 aromatic carbocycles. The molecule has 38 heavy (non-hydrogen) atoms. The fraction of sp³-hybridized carbons (Fsp3) is 0.867. The van der Waals surface area contributed by atoms with Crippen molar-refractivity contribution in [1.82, 2.24) is 5.32 Å². The van der Waals surface area contributed by atoms with Crippen LogP contribution in [0.2, 0.25) is 0 Å². The number of aliphatic carboxylic acids is 3. The van der Waals surface area contributed by atoms with E-state index in [-0.39, 0.29) is 50.9 Å². The molecule has 0 rings (SSSR count). The molecule has 0 saturated carbocycles. The fourth-order valence-corrected chi connectivity index (χ4v) is 4.97. The second-order valence-electron chi connectivity index (χ2n) is 10.9. The van der Waals surface area contributed by atoms with Crippen LogP contribution in [0, 0.1) is 0 Å². The highest BCUT2D eigenvalue weighted by atomic mass is 16.4. The lowest BCUT2D eigenvalue weighted by Gasteiger charge is -2.34. The Labute approximate surface area is 230 Å². The Morgan fingerprint density at radius 1 is 0.474 bits per heavy atom. The standard InChI is InChI=1S/C30H55NO7/c1-2-3-4-5-6-7-8-9-10-11-12-13-14-15-16-17-18-19-26(32)31-30(23-20-27(33)34,24-21-28(35)36)25-22-29(37)38/h2-25H2,1H3,(H,31,32)(H,33,34)(H,35,36)(H,37,38). The Morgan fingerprint density at radius 2 is 0.763 bits per heavy atom. The van der Waals surface area contributed by atoms with Gasteiger partial charge in [-0.15, -0.1) is 0 Å². The van der Waals surface area contributed by atoms with Crippen molar-refractivity contribution in [2.24, 2.45) is 0 Å². The number of carbonyl (C=O) groups excluding carboxylic acids is 1. The summed E-state index contributed by atoms with van der Waals surface area (Å²) in [5, 5.41) is 30.1. The molecule has 0 atom stereocenters. The van der Waals surface area contributed by atoms with E-state index in [9.17, 15) is 19.2 Å². The Kier molecular flexibility index (Phi) is 22.6. The van der Waals surface area contributed by atoms with Crippen LogP contribution < -0.4 is 5.32 Å². The first-order valence-corrected chi connectivity index (χ1v) is 15.2. The fourth-order valence-electron chi connectivity index (χ4n) is 4.97. The largest absolute Gasteiger partial charge is 0.481 e. The minimum atomic E-state index is -1.14. The van der Waals surface area contributed by atoms with Crippen LogP contribution >= 0.6 is 0 Å². The lowest BCUT2D eigenvalue weighted by Crippen LogP contribution is -2.49. The van der Waals surface area contributed by atoms with Gasteiger partial charge in [0.15, 0.2) is 0 Å². The highest BCUT2D eigenvalue weighted by molar-refractivity contribution is 5.77. The van der Waals surface area contributed by atoms with E-state index in [2.05, 4.69) is 12.2 Å². The number of carbonyl (C=O) groups is 4. The zero-order chi connectivity index (χ0) is 28.5. The van der Waals surface area contributed by atoms with Crippen LogP contribution in [0.5, 0.6) is 0 Å². The zero-order valence-corrected chi connectivity index (χ0v) is 23.9. The maximum atomic E-state index is 12.6. The van der Waals surface area contributed by atoms with Gasteiger partial charge in [0.1, 0.15) is 0 Å². The number of unbranched alkanes of at least 4 members (excludes halogenated alkanes) is 16. The minimum absolute atomic E-state index is 0.00762. The SMILES string of the molecule is CCCCCCCCCCCCCCCCCCCC(=O)NC(CCC(=O)O)(CCC(=O)O)CCC(=O)O. The summed E-state index contributed by atoms with van der Waals surface area (Å²) >= 11 is 0. The molecule has 0 saturated heterocycles. The average molecular weight is 542 g/mol. The van der Waals surface area contributed by atoms with Crippen LogP contribution in [0.15, 0.2) is 0 Å². The topological polar surface area (TPSA) is 141 Å². The quantitative estimate of drug-likeness (QED) is 0.0752. The molecule has 0 bridgehead atoms. The Bertz CT molecular complexity index is 605. The summed E-state index contributed by atoms with van der Waals surface area (Å²) in [4.78, 5) is 45.9. The van der Waals surface area contributed by atoms with Gasteiger partial charge in [0.25, 0.3) is 0 Å². The molecule has 8 heteroatoms.